The lowest BCUT2D eigenvalue weighted by Gasteiger charge is -2.03. The minimum absolute atomic E-state index is 0.227. The van der Waals surface area contributed by atoms with Gasteiger partial charge in [0.25, 0.3) is 0 Å². The van der Waals surface area contributed by atoms with Crippen molar-refractivity contribution in [3.63, 3.8) is 0 Å². The summed E-state index contributed by atoms with van der Waals surface area (Å²) in [5, 5.41) is 12.6. The van der Waals surface area contributed by atoms with Crippen LogP contribution < -0.4 is 11.1 Å². The van der Waals surface area contributed by atoms with Gasteiger partial charge in [0.05, 0.1) is 5.69 Å². The van der Waals surface area contributed by atoms with Gasteiger partial charge in [-0.1, -0.05) is 0 Å². The second-order valence-electron chi connectivity index (χ2n) is 3.63. The molecule has 0 saturated heterocycles. The first kappa shape index (κ1) is 13.4. The van der Waals surface area contributed by atoms with E-state index in [9.17, 15) is 9.59 Å². The molecule has 0 aliphatic carbocycles. The van der Waals surface area contributed by atoms with Gasteiger partial charge in [-0.25, -0.2) is 4.79 Å². The molecule has 17 heavy (non-hydrogen) atoms. The first-order chi connectivity index (χ1) is 8.02. The molecular formula is C10H15N3O3S. The number of nitrogens with two attached hydrogens (primary N) is 1. The van der Waals surface area contributed by atoms with Crippen molar-refractivity contribution in [1.82, 2.24) is 4.37 Å². The molecule has 0 aliphatic rings. The lowest BCUT2D eigenvalue weighted by Crippen LogP contribution is -2.11. The summed E-state index contributed by atoms with van der Waals surface area (Å²) in [5.74, 6) is -1.29. The highest BCUT2D eigenvalue weighted by Crippen LogP contribution is 2.24. The van der Waals surface area contributed by atoms with E-state index < -0.39 is 5.97 Å². The lowest BCUT2D eigenvalue weighted by atomic mass is 10.2. The molecule has 0 saturated carbocycles. The summed E-state index contributed by atoms with van der Waals surface area (Å²) < 4.78 is 3.99. The molecule has 0 aliphatic heterocycles. The van der Waals surface area contributed by atoms with Gasteiger partial charge in [0, 0.05) is 13.0 Å². The summed E-state index contributed by atoms with van der Waals surface area (Å²) in [4.78, 5) is 21.4. The molecule has 0 unspecified atom stereocenters. The van der Waals surface area contributed by atoms with Crippen LogP contribution in [-0.4, -0.2) is 27.9 Å². The molecule has 0 spiro atoms. The summed E-state index contributed by atoms with van der Waals surface area (Å²) in [6.07, 6.45) is 1.82. The standard InChI is InChI=1S/C10H15N3O3S/c1-6-8(10(15)16)9(17-13-6)12-5-3-2-4-7(11)14/h12H,2-5H2,1H3,(H2,11,14)(H,15,16). The van der Waals surface area contributed by atoms with Crippen LogP contribution in [0.25, 0.3) is 0 Å². The molecule has 0 bridgehead atoms. The number of rotatable bonds is 7. The van der Waals surface area contributed by atoms with Crippen molar-refractivity contribution in [2.75, 3.05) is 11.9 Å². The fourth-order valence-electron chi connectivity index (χ4n) is 1.37. The normalized spacial score (nSPS) is 10.2. The summed E-state index contributed by atoms with van der Waals surface area (Å²) in [6.45, 7) is 2.27. The molecule has 1 amide bonds. The van der Waals surface area contributed by atoms with Crippen LogP contribution in [0.3, 0.4) is 0 Å². The first-order valence-corrected chi connectivity index (χ1v) is 6.01. The van der Waals surface area contributed by atoms with Crippen molar-refractivity contribution >= 4 is 28.4 Å². The number of aromatic nitrogens is 1. The predicted octanol–water partition coefficient (Wildman–Crippen LogP) is 1.22. The highest BCUT2D eigenvalue weighted by atomic mass is 32.1. The topological polar surface area (TPSA) is 105 Å². The molecule has 0 radical (unpaired) electrons. The third-order valence-electron chi connectivity index (χ3n) is 2.21. The van der Waals surface area contributed by atoms with Crippen LogP contribution in [0.1, 0.15) is 35.3 Å². The van der Waals surface area contributed by atoms with E-state index >= 15 is 0 Å². The molecule has 6 nitrogen and oxygen atoms in total. The molecule has 1 aromatic rings. The van der Waals surface area contributed by atoms with Crippen molar-refractivity contribution < 1.29 is 14.7 Å². The molecule has 94 valence electrons. The average Bonchev–Trinajstić information content (AvgIpc) is 2.59. The van der Waals surface area contributed by atoms with Crippen LogP contribution in [0.15, 0.2) is 0 Å². The van der Waals surface area contributed by atoms with Crippen LogP contribution in [0, 0.1) is 6.92 Å². The first-order valence-electron chi connectivity index (χ1n) is 5.24. The molecule has 1 rings (SSSR count). The van der Waals surface area contributed by atoms with E-state index in [2.05, 4.69) is 9.69 Å². The zero-order valence-corrected chi connectivity index (χ0v) is 10.3. The number of carboxylic acid groups (broad SMARTS) is 1. The second kappa shape index (κ2) is 6.19. The summed E-state index contributed by atoms with van der Waals surface area (Å²) in [7, 11) is 0. The Hall–Kier alpha value is -1.63. The van der Waals surface area contributed by atoms with Gasteiger partial charge >= 0.3 is 5.97 Å². The molecule has 0 aromatic carbocycles. The van der Waals surface area contributed by atoms with Gasteiger partial charge in [0.2, 0.25) is 5.91 Å². The molecule has 1 aromatic heterocycles. The zero-order valence-electron chi connectivity index (χ0n) is 9.52. The third kappa shape index (κ3) is 4.03. The van der Waals surface area contributed by atoms with Gasteiger partial charge in [0.15, 0.2) is 0 Å². The van der Waals surface area contributed by atoms with Crippen LogP contribution in [0.4, 0.5) is 5.00 Å². The van der Waals surface area contributed by atoms with Crippen molar-refractivity contribution in [3.05, 3.63) is 11.3 Å². The number of unbranched alkanes of at least 4 members (excludes halogenated alkanes) is 1. The highest BCUT2D eigenvalue weighted by molar-refractivity contribution is 7.10. The van der Waals surface area contributed by atoms with Crippen LogP contribution >= 0.6 is 11.5 Å². The lowest BCUT2D eigenvalue weighted by molar-refractivity contribution is -0.118. The number of aryl methyl sites for hydroxylation is 1. The molecule has 4 N–H and O–H groups in total. The predicted molar refractivity (Wildman–Crippen MR) is 65.3 cm³/mol. The van der Waals surface area contributed by atoms with Gasteiger partial charge in [-0.05, 0) is 31.3 Å². The maximum atomic E-state index is 10.9. The Morgan fingerprint density at radius 2 is 2.18 bits per heavy atom. The monoisotopic (exact) mass is 257 g/mol. The van der Waals surface area contributed by atoms with Gasteiger partial charge in [-0.3, -0.25) is 4.79 Å². The fraction of sp³-hybridized carbons (Fsp3) is 0.500. The smallest absolute Gasteiger partial charge is 0.340 e. The number of anilines is 1. The number of aromatic carboxylic acids is 1. The molecule has 7 heteroatoms. The fourth-order valence-corrected chi connectivity index (χ4v) is 2.18. The molecular weight excluding hydrogens is 242 g/mol. The zero-order chi connectivity index (χ0) is 12.8. The number of amides is 1. The van der Waals surface area contributed by atoms with Crippen molar-refractivity contribution in [2.45, 2.75) is 26.2 Å². The van der Waals surface area contributed by atoms with E-state index in [0.717, 1.165) is 18.0 Å². The van der Waals surface area contributed by atoms with Crippen LogP contribution in [0.5, 0.6) is 0 Å². The quantitative estimate of drug-likeness (QED) is 0.637. The number of primary amides is 1. The van der Waals surface area contributed by atoms with Gasteiger partial charge in [0.1, 0.15) is 10.6 Å². The Labute approximate surface area is 103 Å². The Kier molecular flexibility index (Phi) is 4.89. The maximum Gasteiger partial charge on any atom is 0.340 e. The number of carboxylic acids is 1. The Morgan fingerprint density at radius 1 is 1.47 bits per heavy atom. The average molecular weight is 257 g/mol. The number of nitrogens with zero attached hydrogens (tertiary/aromatic N) is 1. The minimum Gasteiger partial charge on any atom is -0.478 e. The largest absolute Gasteiger partial charge is 0.478 e. The second-order valence-corrected chi connectivity index (χ2v) is 4.40. The van der Waals surface area contributed by atoms with E-state index in [0.29, 0.717) is 30.1 Å². The summed E-state index contributed by atoms with van der Waals surface area (Å²) in [5.41, 5.74) is 5.75. The van der Waals surface area contributed by atoms with E-state index in [1.54, 1.807) is 6.92 Å². The number of hydrogen-bond acceptors (Lipinski definition) is 5. The molecule has 1 heterocycles. The van der Waals surface area contributed by atoms with Crippen LogP contribution in [0.2, 0.25) is 0 Å². The number of carbonyl (C=O) groups excluding carboxylic acids is 1. The van der Waals surface area contributed by atoms with Crippen molar-refractivity contribution in [2.24, 2.45) is 5.73 Å². The van der Waals surface area contributed by atoms with Gasteiger partial charge in [-0.15, -0.1) is 0 Å². The SMILES string of the molecule is Cc1nsc(NCCCCC(N)=O)c1C(=O)O. The third-order valence-corrected chi connectivity index (χ3v) is 3.11. The van der Waals surface area contributed by atoms with Crippen molar-refractivity contribution in [3.8, 4) is 0 Å². The Bertz CT molecular complexity index is 417. The van der Waals surface area contributed by atoms with Crippen molar-refractivity contribution in [1.29, 1.82) is 0 Å². The number of carbonyl (C=O) groups is 2. The Balaban J connectivity index is 2.42. The van der Waals surface area contributed by atoms with Gasteiger partial charge in [-0.2, -0.15) is 4.37 Å². The van der Waals surface area contributed by atoms with Crippen LogP contribution in [-0.2, 0) is 4.79 Å². The highest BCUT2D eigenvalue weighted by Gasteiger charge is 2.16. The van der Waals surface area contributed by atoms with Gasteiger partial charge < -0.3 is 16.2 Å². The minimum atomic E-state index is -0.976. The number of nitrogens with one attached hydrogen (secondary N) is 1. The summed E-state index contributed by atoms with van der Waals surface area (Å²) in [6, 6.07) is 0. The van der Waals surface area contributed by atoms with E-state index in [1.807, 2.05) is 0 Å². The van der Waals surface area contributed by atoms with E-state index in [1.165, 1.54) is 0 Å². The van der Waals surface area contributed by atoms with E-state index in [-0.39, 0.29) is 11.5 Å². The van der Waals surface area contributed by atoms with E-state index in [4.69, 9.17) is 10.8 Å². The summed E-state index contributed by atoms with van der Waals surface area (Å²) >= 11 is 1.14. The Morgan fingerprint density at radius 3 is 2.76 bits per heavy atom. The molecule has 0 atom stereocenters. The maximum absolute atomic E-state index is 10.9. The molecule has 0 fully saturated rings. The number of hydrogen-bond donors (Lipinski definition) is 3.